The van der Waals surface area contributed by atoms with Crippen molar-refractivity contribution in [1.29, 1.82) is 0 Å². The molecule has 2 heterocycles. The first-order valence-electron chi connectivity index (χ1n) is 10.8. The summed E-state index contributed by atoms with van der Waals surface area (Å²) < 4.78 is 11.5. The van der Waals surface area contributed by atoms with E-state index in [4.69, 9.17) is 9.47 Å². The van der Waals surface area contributed by atoms with Crippen molar-refractivity contribution in [3.63, 3.8) is 0 Å². The van der Waals surface area contributed by atoms with Crippen LogP contribution >= 0.6 is 0 Å². The van der Waals surface area contributed by atoms with Crippen LogP contribution in [0.1, 0.15) is 18.9 Å². The fourth-order valence-corrected chi connectivity index (χ4v) is 4.23. The molecule has 6 heteroatoms. The molecular weight excluding hydrogens is 378 g/mol. The largest absolute Gasteiger partial charge is 0.495 e. The zero-order chi connectivity index (χ0) is 20.9. The van der Waals surface area contributed by atoms with Crippen molar-refractivity contribution in [3.8, 4) is 11.5 Å². The summed E-state index contributed by atoms with van der Waals surface area (Å²) >= 11 is 0. The molecule has 2 aromatic carbocycles. The van der Waals surface area contributed by atoms with Crippen LogP contribution in [0.3, 0.4) is 0 Å². The predicted molar refractivity (Wildman–Crippen MR) is 120 cm³/mol. The molecule has 0 spiro atoms. The van der Waals surface area contributed by atoms with Crippen molar-refractivity contribution in [2.24, 2.45) is 5.92 Å². The molecule has 2 aliphatic heterocycles. The fourth-order valence-electron chi connectivity index (χ4n) is 4.23. The smallest absolute Gasteiger partial charge is 0.224 e. The number of piperazine rings is 1. The lowest BCUT2D eigenvalue weighted by atomic mass is 10.0. The van der Waals surface area contributed by atoms with Gasteiger partial charge in [-0.05, 0) is 30.2 Å². The van der Waals surface area contributed by atoms with Crippen molar-refractivity contribution in [3.05, 3.63) is 48.0 Å². The summed E-state index contributed by atoms with van der Waals surface area (Å²) in [5, 5.41) is 2.94. The van der Waals surface area contributed by atoms with E-state index in [9.17, 15) is 4.79 Å². The number of methoxy groups -OCH3 is 1. The van der Waals surface area contributed by atoms with E-state index >= 15 is 0 Å². The number of hydrogen-bond acceptors (Lipinski definition) is 5. The summed E-state index contributed by atoms with van der Waals surface area (Å²) in [6.45, 7) is 7.98. The minimum absolute atomic E-state index is 0.0836. The maximum atomic E-state index is 11.6. The molecule has 1 saturated heterocycles. The van der Waals surface area contributed by atoms with Gasteiger partial charge in [-0.15, -0.1) is 0 Å². The lowest BCUT2D eigenvalue weighted by Crippen LogP contribution is -2.48. The van der Waals surface area contributed by atoms with Crippen LogP contribution in [0.2, 0.25) is 0 Å². The highest BCUT2D eigenvalue weighted by Gasteiger charge is 2.21. The van der Waals surface area contributed by atoms with Crippen LogP contribution in [-0.2, 0) is 11.2 Å². The number of anilines is 2. The van der Waals surface area contributed by atoms with Gasteiger partial charge in [0, 0.05) is 56.8 Å². The number of carbonyl (C=O) groups is 1. The van der Waals surface area contributed by atoms with E-state index in [-0.39, 0.29) is 5.91 Å². The Morgan fingerprint density at radius 2 is 1.87 bits per heavy atom. The zero-order valence-electron chi connectivity index (χ0n) is 17.9. The number of nitrogens with one attached hydrogen (secondary N) is 1. The third kappa shape index (κ3) is 4.87. The molecule has 0 aromatic heterocycles. The molecule has 1 fully saturated rings. The first-order chi connectivity index (χ1) is 14.6. The Morgan fingerprint density at radius 3 is 2.67 bits per heavy atom. The Balaban J connectivity index is 1.24. The highest BCUT2D eigenvalue weighted by Crippen LogP contribution is 2.29. The fraction of sp³-hybridized carbons (Fsp3) is 0.458. The lowest BCUT2D eigenvalue weighted by Gasteiger charge is -2.37. The summed E-state index contributed by atoms with van der Waals surface area (Å²) in [6, 6.07) is 14.2. The number of aryl methyl sites for hydroxylation is 1. The molecule has 30 heavy (non-hydrogen) atoms. The summed E-state index contributed by atoms with van der Waals surface area (Å²) in [5.74, 6) is 2.27. The monoisotopic (exact) mass is 409 g/mol. The zero-order valence-corrected chi connectivity index (χ0v) is 17.9. The highest BCUT2D eigenvalue weighted by atomic mass is 16.5. The standard InChI is InChI=1S/C24H31N3O3/c1-18(17-30-20-9-7-19-8-10-24(28)25-21(19)15-20)16-26-11-13-27(14-12-26)22-5-3-4-6-23(22)29-2/h3-7,9,15,18H,8,10-14,16-17H2,1-2H3,(H,25,28). The van der Waals surface area contributed by atoms with Gasteiger partial charge in [0.25, 0.3) is 0 Å². The summed E-state index contributed by atoms with van der Waals surface area (Å²) in [6.07, 6.45) is 1.37. The maximum Gasteiger partial charge on any atom is 0.224 e. The van der Waals surface area contributed by atoms with Crippen LogP contribution in [0.4, 0.5) is 11.4 Å². The van der Waals surface area contributed by atoms with Crippen LogP contribution in [0.5, 0.6) is 11.5 Å². The number of hydrogen-bond donors (Lipinski definition) is 1. The minimum Gasteiger partial charge on any atom is -0.495 e. The van der Waals surface area contributed by atoms with Crippen molar-refractivity contribution >= 4 is 17.3 Å². The van der Waals surface area contributed by atoms with Gasteiger partial charge in [0.2, 0.25) is 5.91 Å². The van der Waals surface area contributed by atoms with Crippen molar-refractivity contribution < 1.29 is 14.3 Å². The van der Waals surface area contributed by atoms with E-state index in [2.05, 4.69) is 40.2 Å². The second kappa shape index (κ2) is 9.39. The lowest BCUT2D eigenvalue weighted by molar-refractivity contribution is -0.116. The van der Waals surface area contributed by atoms with Gasteiger partial charge in [0.1, 0.15) is 11.5 Å². The predicted octanol–water partition coefficient (Wildman–Crippen LogP) is 3.42. The second-order valence-corrected chi connectivity index (χ2v) is 8.24. The Bertz CT molecular complexity index is 878. The minimum atomic E-state index is 0.0836. The van der Waals surface area contributed by atoms with Gasteiger partial charge < -0.3 is 19.7 Å². The van der Waals surface area contributed by atoms with Crippen LogP contribution in [-0.4, -0.2) is 57.2 Å². The average Bonchev–Trinajstić information content (AvgIpc) is 2.78. The van der Waals surface area contributed by atoms with Gasteiger partial charge in [0.15, 0.2) is 0 Å². The Labute approximate surface area is 178 Å². The number of carbonyl (C=O) groups excluding carboxylic acids is 1. The molecular formula is C24H31N3O3. The van der Waals surface area contributed by atoms with E-state index in [1.165, 1.54) is 11.3 Å². The molecule has 0 bridgehead atoms. The van der Waals surface area contributed by atoms with Gasteiger partial charge in [-0.1, -0.05) is 25.1 Å². The van der Waals surface area contributed by atoms with Gasteiger partial charge in [-0.2, -0.15) is 0 Å². The highest BCUT2D eigenvalue weighted by molar-refractivity contribution is 5.94. The maximum absolute atomic E-state index is 11.6. The van der Waals surface area contributed by atoms with Crippen molar-refractivity contribution in [1.82, 2.24) is 4.90 Å². The van der Waals surface area contributed by atoms with E-state index in [1.54, 1.807) is 7.11 Å². The van der Waals surface area contributed by atoms with E-state index in [1.807, 2.05) is 24.3 Å². The van der Waals surface area contributed by atoms with Crippen LogP contribution in [0.25, 0.3) is 0 Å². The van der Waals surface area contributed by atoms with E-state index < -0.39 is 0 Å². The number of benzene rings is 2. The van der Waals surface area contributed by atoms with Crippen LogP contribution in [0.15, 0.2) is 42.5 Å². The number of amides is 1. The second-order valence-electron chi connectivity index (χ2n) is 8.24. The molecule has 0 aliphatic carbocycles. The first-order valence-corrected chi connectivity index (χ1v) is 10.8. The van der Waals surface area contributed by atoms with Crippen LogP contribution < -0.4 is 19.7 Å². The summed E-state index contributed by atoms with van der Waals surface area (Å²) in [7, 11) is 1.73. The molecule has 0 radical (unpaired) electrons. The van der Waals surface area contributed by atoms with Crippen LogP contribution in [0, 0.1) is 5.92 Å². The normalized spacial score (nSPS) is 17.8. The molecule has 2 aliphatic rings. The van der Waals surface area contributed by atoms with E-state index in [0.29, 0.717) is 18.9 Å². The number of ether oxygens (including phenoxy) is 2. The molecule has 0 saturated carbocycles. The first kappa shape index (κ1) is 20.5. The third-order valence-electron chi connectivity index (χ3n) is 5.88. The van der Waals surface area contributed by atoms with E-state index in [0.717, 1.165) is 56.3 Å². The SMILES string of the molecule is COc1ccccc1N1CCN(CC(C)COc2ccc3c(c2)NC(=O)CC3)CC1. The van der Waals surface area contributed by atoms with Gasteiger partial charge in [-0.3, -0.25) is 9.69 Å². The Kier molecular flexibility index (Phi) is 6.43. The molecule has 160 valence electrons. The van der Waals surface area contributed by atoms with Crippen molar-refractivity contribution in [2.45, 2.75) is 19.8 Å². The molecule has 1 unspecified atom stereocenters. The van der Waals surface area contributed by atoms with Gasteiger partial charge in [0.05, 0.1) is 19.4 Å². The Morgan fingerprint density at radius 1 is 1.07 bits per heavy atom. The summed E-state index contributed by atoms with van der Waals surface area (Å²) in [4.78, 5) is 16.5. The number of para-hydroxylation sites is 2. The average molecular weight is 410 g/mol. The molecule has 6 nitrogen and oxygen atoms in total. The summed E-state index contributed by atoms with van der Waals surface area (Å²) in [5.41, 5.74) is 3.25. The molecule has 1 amide bonds. The molecule has 4 rings (SSSR count). The molecule has 1 atom stereocenters. The number of nitrogens with zero attached hydrogens (tertiary/aromatic N) is 2. The third-order valence-corrected chi connectivity index (χ3v) is 5.88. The Hall–Kier alpha value is -2.73. The van der Waals surface area contributed by atoms with Crippen molar-refractivity contribution in [2.75, 3.05) is 56.7 Å². The quantitative estimate of drug-likeness (QED) is 0.760. The molecule has 2 aromatic rings. The molecule has 1 N–H and O–H groups in total. The van der Waals surface area contributed by atoms with Gasteiger partial charge >= 0.3 is 0 Å². The number of fused-ring (bicyclic) bond motifs is 1. The number of rotatable bonds is 7. The van der Waals surface area contributed by atoms with Gasteiger partial charge in [-0.25, -0.2) is 0 Å². The topological polar surface area (TPSA) is 54.0 Å².